The van der Waals surface area contributed by atoms with Gasteiger partial charge in [-0.1, -0.05) is 66.0 Å². The fraction of sp³-hybridized carbons (Fsp3) is 0.417. The van der Waals surface area contributed by atoms with Crippen LogP contribution in [-0.2, 0) is 10.7 Å². The number of ether oxygens (including phenoxy) is 2. The smallest absolute Gasteiger partial charge is 0.343 e. The van der Waals surface area contributed by atoms with E-state index in [-0.39, 0.29) is 0 Å². The molecule has 0 spiro atoms. The van der Waals surface area contributed by atoms with Crippen LogP contribution in [0.2, 0.25) is 0 Å². The van der Waals surface area contributed by atoms with Crippen LogP contribution in [0, 0.1) is 0 Å². The van der Waals surface area contributed by atoms with Crippen molar-refractivity contribution in [2.75, 3.05) is 20.4 Å². The van der Waals surface area contributed by atoms with Gasteiger partial charge in [0.05, 0.1) is 19.8 Å². The molecular formula is C24H32O3P+. The Balaban J connectivity index is 1.57. The zero-order valence-corrected chi connectivity index (χ0v) is 18.0. The van der Waals surface area contributed by atoms with Gasteiger partial charge in [0.25, 0.3) is 0 Å². The highest BCUT2D eigenvalue weighted by Crippen LogP contribution is 2.30. The van der Waals surface area contributed by atoms with Crippen molar-refractivity contribution in [1.29, 1.82) is 0 Å². The van der Waals surface area contributed by atoms with Crippen molar-refractivity contribution >= 4 is 13.9 Å². The minimum Gasteiger partial charge on any atom is -0.496 e. The molecule has 0 radical (unpaired) electrons. The van der Waals surface area contributed by atoms with E-state index in [0.717, 1.165) is 36.1 Å². The highest BCUT2D eigenvalue weighted by atomic mass is 31.1. The zero-order valence-electron chi connectivity index (χ0n) is 17.1. The van der Waals surface area contributed by atoms with Crippen molar-refractivity contribution < 1.29 is 14.0 Å². The van der Waals surface area contributed by atoms with Crippen molar-refractivity contribution in [2.45, 2.75) is 44.7 Å². The summed E-state index contributed by atoms with van der Waals surface area (Å²) in [6, 6.07) is 16.0. The van der Waals surface area contributed by atoms with Gasteiger partial charge in [0.15, 0.2) is 6.16 Å². The van der Waals surface area contributed by atoms with Gasteiger partial charge >= 0.3 is 7.80 Å². The normalized spacial score (nSPS) is 11.6. The lowest BCUT2D eigenvalue weighted by Crippen LogP contribution is -1.91. The fourth-order valence-electron chi connectivity index (χ4n) is 3.19. The first-order valence-electron chi connectivity index (χ1n) is 10.1. The molecule has 2 rings (SSSR count). The number of benzene rings is 2. The standard InChI is InChI=1S/C24H32O3P/c1-26-23-17-13-18-24(27-2)22(23)16-11-6-4-3-5-7-12-19-28(25)20-21-14-9-8-10-15-21/h8-11,13-18H,3-7,12,19-20H2,1-2H3/q+1. The molecule has 2 aromatic rings. The minimum absolute atomic E-state index is 0.716. The first-order valence-corrected chi connectivity index (χ1v) is 11.7. The van der Waals surface area contributed by atoms with Crippen LogP contribution in [0.5, 0.6) is 11.5 Å². The summed E-state index contributed by atoms with van der Waals surface area (Å²) in [4.78, 5) is 0. The summed E-state index contributed by atoms with van der Waals surface area (Å²) in [5.41, 5.74) is 2.18. The Kier molecular flexibility index (Phi) is 10.4. The number of allylic oxidation sites excluding steroid dienone is 1. The SMILES string of the molecule is COc1cccc(OC)c1C=CCCCCCCC[P+](=O)Cc1ccccc1. The second kappa shape index (κ2) is 13.1. The Bertz CT molecular complexity index is 719. The molecule has 0 bridgehead atoms. The van der Waals surface area contributed by atoms with E-state index in [4.69, 9.17) is 9.47 Å². The summed E-state index contributed by atoms with van der Waals surface area (Å²) in [5.74, 6) is 1.67. The Hall–Kier alpha value is -2.12. The molecule has 1 unspecified atom stereocenters. The second-order valence-corrected chi connectivity index (χ2v) is 8.61. The Morgan fingerprint density at radius 3 is 2.14 bits per heavy atom. The Morgan fingerprint density at radius 1 is 0.821 bits per heavy atom. The van der Waals surface area contributed by atoms with Crippen LogP contribution in [0.3, 0.4) is 0 Å². The van der Waals surface area contributed by atoms with Gasteiger partial charge in [-0.25, -0.2) is 0 Å². The molecule has 4 heteroatoms. The van der Waals surface area contributed by atoms with E-state index < -0.39 is 7.80 Å². The maximum absolute atomic E-state index is 12.1. The quantitative estimate of drug-likeness (QED) is 0.266. The topological polar surface area (TPSA) is 35.5 Å². The lowest BCUT2D eigenvalue weighted by molar-refractivity contribution is 0.392. The molecule has 0 saturated heterocycles. The minimum atomic E-state index is -1.11. The highest BCUT2D eigenvalue weighted by Gasteiger charge is 2.14. The lowest BCUT2D eigenvalue weighted by atomic mass is 10.1. The van der Waals surface area contributed by atoms with Crippen LogP contribution in [-0.4, -0.2) is 20.4 Å². The van der Waals surface area contributed by atoms with Crippen LogP contribution < -0.4 is 9.47 Å². The van der Waals surface area contributed by atoms with E-state index >= 15 is 0 Å². The third kappa shape index (κ3) is 7.86. The molecule has 1 atom stereocenters. The van der Waals surface area contributed by atoms with Gasteiger partial charge in [-0.15, -0.1) is 0 Å². The monoisotopic (exact) mass is 399 g/mol. The van der Waals surface area contributed by atoms with Crippen LogP contribution in [0.1, 0.15) is 49.7 Å². The van der Waals surface area contributed by atoms with Crippen molar-refractivity contribution in [1.82, 2.24) is 0 Å². The van der Waals surface area contributed by atoms with E-state index in [1.807, 2.05) is 36.4 Å². The van der Waals surface area contributed by atoms with E-state index in [1.54, 1.807) is 14.2 Å². The summed E-state index contributed by atoms with van der Waals surface area (Å²) >= 11 is 0. The van der Waals surface area contributed by atoms with Crippen molar-refractivity contribution in [3.05, 3.63) is 65.7 Å². The number of unbranched alkanes of at least 4 members (excludes halogenated alkanes) is 5. The zero-order chi connectivity index (χ0) is 20.0. The predicted molar refractivity (Wildman–Crippen MR) is 119 cm³/mol. The molecule has 0 fully saturated rings. The molecule has 0 aromatic heterocycles. The molecule has 0 amide bonds. The maximum Gasteiger partial charge on any atom is 0.343 e. The first-order chi connectivity index (χ1) is 13.7. The Labute approximate surface area is 170 Å². The van der Waals surface area contributed by atoms with Gasteiger partial charge in [-0.2, -0.15) is 0 Å². The van der Waals surface area contributed by atoms with Gasteiger partial charge < -0.3 is 9.47 Å². The number of rotatable bonds is 13. The summed E-state index contributed by atoms with van der Waals surface area (Å²) in [6.45, 7) is 0. The molecule has 3 nitrogen and oxygen atoms in total. The molecule has 0 aliphatic carbocycles. The number of hydrogen-bond donors (Lipinski definition) is 0. The van der Waals surface area contributed by atoms with Gasteiger partial charge in [-0.05, 0) is 43.4 Å². The molecular weight excluding hydrogens is 367 g/mol. The highest BCUT2D eigenvalue weighted by molar-refractivity contribution is 7.43. The van der Waals surface area contributed by atoms with Crippen LogP contribution in [0.15, 0.2) is 54.6 Å². The summed E-state index contributed by atoms with van der Waals surface area (Å²) in [6.07, 6.45) is 12.7. The average Bonchev–Trinajstić information content (AvgIpc) is 2.73. The first kappa shape index (κ1) is 22.2. The van der Waals surface area contributed by atoms with E-state index in [1.165, 1.54) is 31.2 Å². The molecule has 0 N–H and O–H groups in total. The fourth-order valence-corrected chi connectivity index (χ4v) is 4.54. The molecule has 2 aromatic carbocycles. The van der Waals surface area contributed by atoms with Crippen molar-refractivity contribution in [3.8, 4) is 11.5 Å². The maximum atomic E-state index is 12.1. The van der Waals surface area contributed by atoms with Gasteiger partial charge in [0, 0.05) is 0 Å². The van der Waals surface area contributed by atoms with Crippen LogP contribution in [0.4, 0.5) is 0 Å². The predicted octanol–water partition coefficient (Wildman–Crippen LogP) is 7.09. The number of hydrogen-bond acceptors (Lipinski definition) is 3. The summed E-state index contributed by atoms with van der Waals surface area (Å²) < 4.78 is 23.0. The van der Waals surface area contributed by atoms with E-state index in [0.29, 0.717) is 6.16 Å². The molecule has 0 aliphatic heterocycles. The molecule has 0 aliphatic rings. The molecule has 0 heterocycles. The number of methoxy groups -OCH3 is 2. The summed E-state index contributed by atoms with van der Waals surface area (Å²) in [7, 11) is 2.25. The molecule has 150 valence electrons. The molecule has 0 saturated carbocycles. The van der Waals surface area contributed by atoms with Gasteiger partial charge in [0.1, 0.15) is 17.7 Å². The Morgan fingerprint density at radius 2 is 1.46 bits per heavy atom. The average molecular weight is 399 g/mol. The van der Waals surface area contributed by atoms with Gasteiger partial charge in [0.2, 0.25) is 0 Å². The van der Waals surface area contributed by atoms with Crippen molar-refractivity contribution in [2.24, 2.45) is 0 Å². The van der Waals surface area contributed by atoms with Crippen LogP contribution >= 0.6 is 7.80 Å². The largest absolute Gasteiger partial charge is 0.496 e. The molecule has 28 heavy (non-hydrogen) atoms. The summed E-state index contributed by atoms with van der Waals surface area (Å²) in [5, 5.41) is 0. The van der Waals surface area contributed by atoms with E-state index in [9.17, 15) is 4.57 Å². The third-order valence-corrected chi connectivity index (χ3v) is 6.26. The van der Waals surface area contributed by atoms with E-state index in [2.05, 4.69) is 24.3 Å². The van der Waals surface area contributed by atoms with Crippen LogP contribution in [0.25, 0.3) is 6.08 Å². The van der Waals surface area contributed by atoms with Gasteiger partial charge in [-0.3, -0.25) is 0 Å². The second-order valence-electron chi connectivity index (χ2n) is 6.88. The van der Waals surface area contributed by atoms with Crippen molar-refractivity contribution in [3.63, 3.8) is 0 Å². The third-order valence-electron chi connectivity index (χ3n) is 4.73. The lowest BCUT2D eigenvalue weighted by Gasteiger charge is -2.09.